The van der Waals surface area contributed by atoms with Gasteiger partial charge in [-0.3, -0.25) is 9.59 Å². The Kier molecular flexibility index (Phi) is 25.9. The average molecular weight is 1140 g/mol. The van der Waals surface area contributed by atoms with Gasteiger partial charge in [0.15, 0.2) is 0 Å². The lowest BCUT2D eigenvalue weighted by atomic mass is 9.84. The molecule has 78 heavy (non-hydrogen) atoms. The minimum Gasteiger partial charge on any atom is -0.508 e. The summed E-state index contributed by atoms with van der Waals surface area (Å²) in [5, 5.41) is 39.2. The van der Waals surface area contributed by atoms with Crippen LogP contribution >= 0.6 is 34.8 Å². The van der Waals surface area contributed by atoms with E-state index in [0.717, 1.165) is 53.0 Å². The Morgan fingerprint density at radius 2 is 0.949 bits per heavy atom. The van der Waals surface area contributed by atoms with Gasteiger partial charge in [0.05, 0.1) is 85.2 Å². The molecule has 0 radical (unpaired) electrons. The molecule has 2 heterocycles. The van der Waals surface area contributed by atoms with Crippen LogP contribution in [0.2, 0.25) is 15.1 Å². The second kappa shape index (κ2) is 32.7. The molecule has 0 spiro atoms. The zero-order valence-electron chi connectivity index (χ0n) is 44.4. The van der Waals surface area contributed by atoms with Crippen LogP contribution in [0.15, 0.2) is 72.8 Å². The summed E-state index contributed by atoms with van der Waals surface area (Å²) in [5.74, 6) is -1.98. The number of amides is 6. The van der Waals surface area contributed by atoms with Gasteiger partial charge in [-0.15, -0.1) is 0 Å². The standard InChI is InChI=1S/C55H73Cl3N8O12/c1-36(52(69)59-10-14-73-18-22-77-24-20-75-16-12-61-54(71)63-41-8-4-6-37(26-41)45-32-65(2)34-47-43(45)28-39(56)30-49(47)58)51(68)53(70)60-11-15-74-19-23-78-25-21-76-17-13-62-55(72)64-42-9-5-7-38(27-42)46-33-66(3)35-48-44(46)29-40(57)31-50(48)67/h4-9,26-31,36,45-46,51,67-68H,10-25,32-35H2,1-3H3,(H,59,69)(H,60,70)(H2,61,63,71)(H2,62,64,72). The number of aliphatic hydroxyl groups is 1. The zero-order chi connectivity index (χ0) is 55.8. The minimum absolute atomic E-state index is 0.0258. The van der Waals surface area contributed by atoms with Gasteiger partial charge in [-0.05, 0) is 90.4 Å². The van der Waals surface area contributed by atoms with Gasteiger partial charge in [0.2, 0.25) is 11.8 Å². The normalized spacial score (nSPS) is 16.1. The first-order valence-corrected chi connectivity index (χ1v) is 27.2. The van der Waals surface area contributed by atoms with Crippen molar-refractivity contribution in [3.63, 3.8) is 0 Å². The number of fused-ring (bicyclic) bond motifs is 2. The van der Waals surface area contributed by atoms with E-state index in [1.807, 2.05) is 67.7 Å². The number of phenolic OH excluding ortho intramolecular Hbond substituents is 1. The maximum Gasteiger partial charge on any atom is 0.319 e. The van der Waals surface area contributed by atoms with Gasteiger partial charge in [-0.25, -0.2) is 9.59 Å². The summed E-state index contributed by atoms with van der Waals surface area (Å²) in [6, 6.07) is 21.9. The number of benzene rings is 4. The van der Waals surface area contributed by atoms with E-state index in [9.17, 15) is 29.4 Å². The number of nitrogens with one attached hydrogen (secondary N) is 6. The second-order valence-electron chi connectivity index (χ2n) is 18.9. The van der Waals surface area contributed by atoms with E-state index in [1.165, 1.54) is 6.92 Å². The predicted molar refractivity (Wildman–Crippen MR) is 299 cm³/mol. The molecule has 6 rings (SSSR count). The number of anilines is 2. The van der Waals surface area contributed by atoms with Crippen molar-refractivity contribution >= 4 is 70.1 Å². The molecular weight excluding hydrogens is 1070 g/mol. The van der Waals surface area contributed by atoms with Gasteiger partial charge >= 0.3 is 12.1 Å². The van der Waals surface area contributed by atoms with Crippen molar-refractivity contribution in [2.45, 2.75) is 38.0 Å². The van der Waals surface area contributed by atoms with Crippen molar-refractivity contribution in [3.05, 3.63) is 121 Å². The van der Waals surface area contributed by atoms with Gasteiger partial charge in [0.1, 0.15) is 11.9 Å². The third kappa shape index (κ3) is 20.1. The molecule has 6 amide bonds. The Balaban J connectivity index is 0.689. The smallest absolute Gasteiger partial charge is 0.319 e. The summed E-state index contributed by atoms with van der Waals surface area (Å²) in [4.78, 5) is 54.5. The molecule has 4 aromatic rings. The minimum atomic E-state index is -1.55. The van der Waals surface area contributed by atoms with Crippen LogP contribution in [0, 0.1) is 5.92 Å². The number of carbonyl (C=O) groups excluding carboxylic acids is 4. The molecule has 0 aliphatic carbocycles. The number of halogens is 3. The van der Waals surface area contributed by atoms with Crippen LogP contribution < -0.4 is 31.9 Å². The lowest BCUT2D eigenvalue weighted by Crippen LogP contribution is -2.45. The number of aromatic hydroxyl groups is 1. The van der Waals surface area contributed by atoms with Crippen molar-refractivity contribution in [1.29, 1.82) is 0 Å². The number of nitrogens with zero attached hydrogens (tertiary/aromatic N) is 2. The van der Waals surface area contributed by atoms with Crippen LogP contribution in [-0.4, -0.2) is 183 Å². The zero-order valence-corrected chi connectivity index (χ0v) is 46.7. The maximum absolute atomic E-state index is 12.6. The number of hydrogen-bond acceptors (Lipinski definition) is 14. The molecule has 426 valence electrons. The summed E-state index contributed by atoms with van der Waals surface area (Å²) < 4.78 is 33.1. The van der Waals surface area contributed by atoms with Gasteiger partial charge in [0, 0.05) is 96.2 Å². The Hall–Kier alpha value is -5.33. The summed E-state index contributed by atoms with van der Waals surface area (Å²) >= 11 is 19.2. The molecule has 0 saturated heterocycles. The number of urea groups is 2. The molecule has 20 nitrogen and oxygen atoms in total. The number of hydrogen-bond donors (Lipinski definition) is 8. The second-order valence-corrected chi connectivity index (χ2v) is 20.2. The van der Waals surface area contributed by atoms with E-state index in [1.54, 1.807) is 12.1 Å². The molecular formula is C55H73Cl3N8O12. The Bertz CT molecular complexity index is 2410. The van der Waals surface area contributed by atoms with E-state index in [0.29, 0.717) is 85.8 Å². The van der Waals surface area contributed by atoms with E-state index in [4.69, 9.17) is 63.2 Å². The van der Waals surface area contributed by atoms with Gasteiger partial charge < -0.3 is 80.3 Å². The van der Waals surface area contributed by atoms with Crippen LogP contribution in [0.3, 0.4) is 0 Å². The largest absolute Gasteiger partial charge is 0.508 e. The Labute approximate surface area is 471 Å². The van der Waals surface area contributed by atoms with Gasteiger partial charge in [-0.2, -0.15) is 0 Å². The molecule has 4 aromatic carbocycles. The predicted octanol–water partition coefficient (Wildman–Crippen LogP) is 5.78. The summed E-state index contributed by atoms with van der Waals surface area (Å²) in [6.07, 6.45) is -1.55. The van der Waals surface area contributed by atoms with Crippen LogP contribution in [-0.2, 0) is 51.1 Å². The van der Waals surface area contributed by atoms with Crippen molar-refractivity contribution in [2.24, 2.45) is 5.92 Å². The van der Waals surface area contributed by atoms with Crippen LogP contribution in [0.5, 0.6) is 5.75 Å². The number of rotatable bonds is 31. The highest BCUT2D eigenvalue weighted by atomic mass is 35.5. The number of likely N-dealkylation sites (N-methyl/N-ethyl adjacent to an activating group) is 2. The lowest BCUT2D eigenvalue weighted by Gasteiger charge is -2.33. The van der Waals surface area contributed by atoms with Crippen molar-refractivity contribution in [1.82, 2.24) is 31.1 Å². The topological polar surface area (TPSA) is 243 Å². The monoisotopic (exact) mass is 1140 g/mol. The van der Waals surface area contributed by atoms with Crippen LogP contribution in [0.25, 0.3) is 0 Å². The van der Waals surface area contributed by atoms with E-state index in [2.05, 4.69) is 48.7 Å². The fourth-order valence-electron chi connectivity index (χ4n) is 8.99. The molecule has 2 aliphatic rings. The van der Waals surface area contributed by atoms with Crippen LogP contribution in [0.1, 0.15) is 52.1 Å². The molecule has 0 saturated carbocycles. The molecule has 23 heteroatoms. The third-order valence-corrected chi connectivity index (χ3v) is 13.7. The van der Waals surface area contributed by atoms with Crippen molar-refractivity contribution in [2.75, 3.05) is 143 Å². The first-order chi connectivity index (χ1) is 37.7. The van der Waals surface area contributed by atoms with Crippen molar-refractivity contribution < 1.29 is 57.8 Å². The molecule has 4 unspecified atom stereocenters. The maximum atomic E-state index is 12.6. The molecule has 0 fully saturated rings. The summed E-state index contributed by atoms with van der Waals surface area (Å²) in [7, 11) is 4.05. The van der Waals surface area contributed by atoms with E-state index < -0.39 is 23.8 Å². The average Bonchev–Trinajstić information content (AvgIpc) is 3.45. The highest BCUT2D eigenvalue weighted by Gasteiger charge is 2.30. The number of aliphatic hydroxyl groups excluding tert-OH is 1. The number of carbonyl (C=O) groups is 4. The first-order valence-electron chi connectivity index (χ1n) is 26.0. The molecule has 4 atom stereocenters. The highest BCUT2D eigenvalue weighted by molar-refractivity contribution is 6.35. The SMILES string of the molecule is CC(C(=O)NCCOCCOCCOCCNC(=O)Nc1cccc(C2CN(C)Cc3c(Cl)cc(Cl)cc32)c1)C(O)C(=O)NCCOCCOCCOCCNC(=O)Nc1cccc(C2CN(C)Cc3c(O)cc(Cl)cc32)c1. The van der Waals surface area contributed by atoms with Gasteiger partial charge in [0.25, 0.3) is 0 Å². The summed E-state index contributed by atoms with van der Waals surface area (Å²) in [6.45, 7) is 8.66. The molecule has 0 bridgehead atoms. The third-order valence-electron chi connectivity index (χ3n) is 12.9. The fourth-order valence-corrected chi connectivity index (χ4v) is 9.78. The molecule has 8 N–H and O–H groups in total. The molecule has 0 aromatic heterocycles. The van der Waals surface area contributed by atoms with Crippen molar-refractivity contribution in [3.8, 4) is 5.75 Å². The number of ether oxygens (including phenoxy) is 6. The quantitative estimate of drug-likeness (QED) is 0.0279. The first kappa shape index (κ1) is 61.9. The van der Waals surface area contributed by atoms with E-state index >= 15 is 0 Å². The molecule has 2 aliphatic heterocycles. The Morgan fingerprint density at radius 1 is 0.551 bits per heavy atom. The summed E-state index contributed by atoms with van der Waals surface area (Å²) in [5.41, 5.74) is 7.32. The van der Waals surface area contributed by atoms with Crippen LogP contribution in [0.4, 0.5) is 21.0 Å². The lowest BCUT2D eigenvalue weighted by molar-refractivity contribution is -0.139. The van der Waals surface area contributed by atoms with Gasteiger partial charge in [-0.1, -0.05) is 66.0 Å². The number of phenols is 1. The fraction of sp³-hybridized carbons (Fsp3) is 0.491. The van der Waals surface area contributed by atoms with E-state index in [-0.39, 0.29) is 82.3 Å². The Morgan fingerprint density at radius 3 is 1.42 bits per heavy atom. The highest BCUT2D eigenvalue weighted by Crippen LogP contribution is 2.41.